The van der Waals surface area contributed by atoms with Gasteiger partial charge in [-0.05, 0) is 24.8 Å². The van der Waals surface area contributed by atoms with E-state index >= 15 is 0 Å². The van der Waals surface area contributed by atoms with E-state index in [1.54, 1.807) is 0 Å². The number of aliphatic hydroxyl groups is 1. The first kappa shape index (κ1) is 14.3. The van der Waals surface area contributed by atoms with Crippen LogP contribution in [0.3, 0.4) is 0 Å². The number of rotatable bonds is 2. The predicted octanol–water partition coefficient (Wildman–Crippen LogP) is 4.10. The molecule has 5 heteroatoms. The molecule has 1 heterocycles. The average molecular weight is 273 g/mol. The summed E-state index contributed by atoms with van der Waals surface area (Å²) in [4.78, 5) is 3.74. The SMILES string of the molecule is OC(c1cnccc1C(F)(F)F)C1CCCCCC1. The smallest absolute Gasteiger partial charge is 0.388 e. The van der Waals surface area contributed by atoms with E-state index in [2.05, 4.69) is 4.98 Å². The van der Waals surface area contributed by atoms with Crippen LogP contribution in [0, 0.1) is 5.92 Å². The Morgan fingerprint density at radius 2 is 1.79 bits per heavy atom. The minimum absolute atomic E-state index is 0.0816. The summed E-state index contributed by atoms with van der Waals surface area (Å²) in [6, 6.07) is 0.940. The zero-order chi connectivity index (χ0) is 13.9. The minimum atomic E-state index is -4.44. The van der Waals surface area contributed by atoms with Crippen molar-refractivity contribution in [3.05, 3.63) is 29.6 Å². The molecule has 106 valence electrons. The van der Waals surface area contributed by atoms with E-state index in [9.17, 15) is 18.3 Å². The number of aliphatic hydroxyl groups excluding tert-OH is 1. The van der Waals surface area contributed by atoms with Gasteiger partial charge in [0.15, 0.2) is 0 Å². The van der Waals surface area contributed by atoms with Crippen molar-refractivity contribution in [1.29, 1.82) is 0 Å². The molecule has 0 saturated heterocycles. The molecule has 1 aliphatic carbocycles. The first-order chi connectivity index (χ1) is 9.00. The normalized spacial score (nSPS) is 20.0. The molecule has 0 bridgehead atoms. The number of nitrogens with zero attached hydrogens (tertiary/aromatic N) is 1. The van der Waals surface area contributed by atoms with E-state index in [1.807, 2.05) is 0 Å². The summed E-state index contributed by atoms with van der Waals surface area (Å²) >= 11 is 0. The highest BCUT2D eigenvalue weighted by atomic mass is 19.4. The van der Waals surface area contributed by atoms with E-state index < -0.39 is 17.8 Å². The Hall–Kier alpha value is -1.10. The van der Waals surface area contributed by atoms with Crippen LogP contribution in [0.15, 0.2) is 18.5 Å². The van der Waals surface area contributed by atoms with E-state index in [0.717, 1.165) is 57.0 Å². The summed E-state index contributed by atoms with van der Waals surface area (Å²) in [6.07, 6.45) is 2.48. The Morgan fingerprint density at radius 3 is 2.37 bits per heavy atom. The van der Waals surface area contributed by atoms with Gasteiger partial charge in [0.1, 0.15) is 0 Å². The van der Waals surface area contributed by atoms with E-state index in [0.29, 0.717) is 0 Å². The number of alkyl halides is 3. The summed E-state index contributed by atoms with van der Waals surface area (Å²) in [5.41, 5.74) is -0.846. The zero-order valence-electron chi connectivity index (χ0n) is 10.7. The molecule has 2 rings (SSSR count). The first-order valence-corrected chi connectivity index (χ1v) is 6.69. The molecule has 0 aliphatic heterocycles. The molecule has 1 unspecified atom stereocenters. The predicted molar refractivity (Wildman–Crippen MR) is 65.4 cm³/mol. The van der Waals surface area contributed by atoms with Crippen LogP contribution < -0.4 is 0 Å². The minimum Gasteiger partial charge on any atom is -0.388 e. The molecule has 0 spiro atoms. The topological polar surface area (TPSA) is 33.1 Å². The van der Waals surface area contributed by atoms with Crippen molar-refractivity contribution in [2.24, 2.45) is 5.92 Å². The molecular weight excluding hydrogens is 255 g/mol. The third-order valence-corrected chi connectivity index (χ3v) is 3.82. The molecule has 19 heavy (non-hydrogen) atoms. The Labute approximate surface area is 110 Å². The fourth-order valence-electron chi connectivity index (χ4n) is 2.78. The van der Waals surface area contributed by atoms with Gasteiger partial charge in [0.2, 0.25) is 0 Å². The van der Waals surface area contributed by atoms with Crippen LogP contribution in [0.4, 0.5) is 13.2 Å². The van der Waals surface area contributed by atoms with Gasteiger partial charge < -0.3 is 5.11 Å². The van der Waals surface area contributed by atoms with Crippen molar-refractivity contribution in [3.63, 3.8) is 0 Å². The van der Waals surface area contributed by atoms with Crippen molar-refractivity contribution >= 4 is 0 Å². The lowest BCUT2D eigenvalue weighted by molar-refractivity contribution is -0.139. The van der Waals surface area contributed by atoms with Gasteiger partial charge in [-0.1, -0.05) is 25.7 Å². The monoisotopic (exact) mass is 273 g/mol. The lowest BCUT2D eigenvalue weighted by Gasteiger charge is -2.24. The van der Waals surface area contributed by atoms with Crippen molar-refractivity contribution in [2.45, 2.75) is 50.8 Å². The van der Waals surface area contributed by atoms with Crippen LogP contribution in [0.1, 0.15) is 55.8 Å². The van der Waals surface area contributed by atoms with Crippen molar-refractivity contribution in [2.75, 3.05) is 0 Å². The lowest BCUT2D eigenvalue weighted by atomic mass is 9.88. The molecule has 1 fully saturated rings. The van der Waals surface area contributed by atoms with Gasteiger partial charge in [0.05, 0.1) is 11.7 Å². The molecule has 0 aromatic carbocycles. The maximum absolute atomic E-state index is 12.9. The van der Waals surface area contributed by atoms with Gasteiger partial charge in [-0.3, -0.25) is 4.98 Å². The second-order valence-corrected chi connectivity index (χ2v) is 5.16. The highest BCUT2D eigenvalue weighted by molar-refractivity contribution is 5.28. The fourth-order valence-corrected chi connectivity index (χ4v) is 2.78. The third-order valence-electron chi connectivity index (χ3n) is 3.82. The van der Waals surface area contributed by atoms with Gasteiger partial charge in [0, 0.05) is 18.0 Å². The van der Waals surface area contributed by atoms with Gasteiger partial charge in [-0.15, -0.1) is 0 Å². The molecule has 1 aromatic heterocycles. The highest BCUT2D eigenvalue weighted by Gasteiger charge is 2.36. The standard InChI is InChI=1S/C14H18F3NO/c15-14(16,17)12-7-8-18-9-11(12)13(19)10-5-3-1-2-4-6-10/h7-10,13,19H,1-6H2. The van der Waals surface area contributed by atoms with Gasteiger partial charge >= 0.3 is 6.18 Å². The van der Waals surface area contributed by atoms with E-state index in [4.69, 9.17) is 0 Å². The Balaban J connectivity index is 2.25. The van der Waals surface area contributed by atoms with Crippen LogP contribution in [-0.4, -0.2) is 10.1 Å². The van der Waals surface area contributed by atoms with Crippen LogP contribution in [0.2, 0.25) is 0 Å². The summed E-state index contributed by atoms with van der Waals surface area (Å²) in [7, 11) is 0. The van der Waals surface area contributed by atoms with Crippen LogP contribution in [-0.2, 0) is 6.18 Å². The maximum atomic E-state index is 12.9. The summed E-state index contributed by atoms with van der Waals surface area (Å²) in [6.45, 7) is 0. The quantitative estimate of drug-likeness (QED) is 0.823. The molecule has 1 N–H and O–H groups in total. The van der Waals surface area contributed by atoms with Gasteiger partial charge in [-0.25, -0.2) is 0 Å². The summed E-state index contributed by atoms with van der Waals surface area (Å²) in [5.74, 6) is -0.0900. The second-order valence-electron chi connectivity index (χ2n) is 5.16. The maximum Gasteiger partial charge on any atom is 0.416 e. The van der Waals surface area contributed by atoms with E-state index in [1.165, 1.54) is 0 Å². The first-order valence-electron chi connectivity index (χ1n) is 6.69. The van der Waals surface area contributed by atoms with Crippen molar-refractivity contribution in [3.8, 4) is 0 Å². The van der Waals surface area contributed by atoms with Crippen molar-refractivity contribution < 1.29 is 18.3 Å². The van der Waals surface area contributed by atoms with Crippen LogP contribution >= 0.6 is 0 Å². The zero-order valence-corrected chi connectivity index (χ0v) is 10.7. The van der Waals surface area contributed by atoms with Gasteiger partial charge in [-0.2, -0.15) is 13.2 Å². The number of hydrogen-bond acceptors (Lipinski definition) is 2. The number of aromatic nitrogens is 1. The Kier molecular flexibility index (Phi) is 4.45. The van der Waals surface area contributed by atoms with Crippen molar-refractivity contribution in [1.82, 2.24) is 4.98 Å². The third kappa shape index (κ3) is 3.47. The molecule has 2 nitrogen and oxygen atoms in total. The number of halogens is 3. The molecule has 0 radical (unpaired) electrons. The van der Waals surface area contributed by atoms with Gasteiger partial charge in [0.25, 0.3) is 0 Å². The second kappa shape index (κ2) is 5.90. The van der Waals surface area contributed by atoms with E-state index in [-0.39, 0.29) is 11.5 Å². The lowest BCUT2D eigenvalue weighted by Crippen LogP contribution is -2.18. The number of pyridine rings is 1. The number of hydrogen-bond donors (Lipinski definition) is 1. The molecule has 1 aromatic rings. The highest BCUT2D eigenvalue weighted by Crippen LogP contribution is 2.39. The molecule has 1 atom stereocenters. The molecule has 0 amide bonds. The summed E-state index contributed by atoms with van der Waals surface area (Å²) < 4.78 is 38.8. The fraction of sp³-hybridized carbons (Fsp3) is 0.643. The Morgan fingerprint density at radius 1 is 1.16 bits per heavy atom. The average Bonchev–Trinajstić information content (AvgIpc) is 2.66. The van der Waals surface area contributed by atoms with Crippen LogP contribution in [0.25, 0.3) is 0 Å². The molecule has 1 saturated carbocycles. The molecule has 1 aliphatic rings. The Bertz CT molecular complexity index is 411. The van der Waals surface area contributed by atoms with Crippen LogP contribution in [0.5, 0.6) is 0 Å². The summed E-state index contributed by atoms with van der Waals surface area (Å²) in [5, 5.41) is 10.3. The molecular formula is C14H18F3NO. The largest absolute Gasteiger partial charge is 0.416 e.